The third-order valence-electron chi connectivity index (χ3n) is 3.81. The van der Waals surface area contributed by atoms with Crippen LogP contribution in [0.3, 0.4) is 0 Å². The molecule has 22 heavy (non-hydrogen) atoms. The summed E-state index contributed by atoms with van der Waals surface area (Å²) in [5.41, 5.74) is 0.981. The van der Waals surface area contributed by atoms with Gasteiger partial charge in [0.15, 0.2) is 0 Å². The molecule has 1 aromatic rings. The largest absolute Gasteiger partial charge is 0.302 e. The van der Waals surface area contributed by atoms with Gasteiger partial charge in [0, 0.05) is 19.5 Å². The van der Waals surface area contributed by atoms with Crippen molar-refractivity contribution in [2.75, 3.05) is 26.0 Å². The minimum absolute atomic E-state index is 0.0579. The Morgan fingerprint density at radius 3 is 2.77 bits per heavy atom. The number of rotatable bonds is 7. The highest BCUT2D eigenvalue weighted by atomic mass is 32.2. The second kappa shape index (κ2) is 8.05. The highest BCUT2D eigenvalue weighted by Crippen LogP contribution is 2.20. The molecule has 2 rings (SSSR count). The van der Waals surface area contributed by atoms with Crippen molar-refractivity contribution in [1.29, 1.82) is 0 Å². The van der Waals surface area contributed by atoms with Crippen molar-refractivity contribution in [2.24, 2.45) is 5.92 Å². The van der Waals surface area contributed by atoms with E-state index in [0.29, 0.717) is 6.42 Å². The van der Waals surface area contributed by atoms with Gasteiger partial charge in [0.05, 0.1) is 12.9 Å². The summed E-state index contributed by atoms with van der Waals surface area (Å²) in [4.78, 5) is 17.0. The fraction of sp³-hybridized carbons (Fsp3) is 0.643. The van der Waals surface area contributed by atoms with Crippen LogP contribution in [0, 0.1) is 5.92 Å². The average Bonchev–Trinajstić information content (AvgIpc) is 2.99. The number of hydrogen-bond donors (Lipinski definition) is 1. The lowest BCUT2D eigenvalue weighted by Crippen LogP contribution is -2.37. The summed E-state index contributed by atoms with van der Waals surface area (Å²) >= 11 is 1.53. The number of nitrogens with one attached hydrogen (secondary N) is 1. The van der Waals surface area contributed by atoms with Crippen LogP contribution in [0.25, 0.3) is 0 Å². The first-order chi connectivity index (χ1) is 10.5. The number of nitrogens with zero attached hydrogens (tertiary/aromatic N) is 1. The van der Waals surface area contributed by atoms with Gasteiger partial charge in [-0.1, -0.05) is 0 Å². The van der Waals surface area contributed by atoms with Crippen molar-refractivity contribution in [3.05, 3.63) is 22.4 Å². The number of carbonyl (C=O) groups excluding carboxylic acids is 1. The Morgan fingerprint density at radius 2 is 2.18 bits per heavy atom. The molecule has 0 saturated carbocycles. The normalized spacial score (nSPS) is 17.5. The molecule has 1 N–H and O–H groups in total. The Balaban J connectivity index is 1.73. The van der Waals surface area contributed by atoms with E-state index >= 15 is 0 Å². The smallest absolute Gasteiger partial charge is 0.235 e. The molecule has 8 heteroatoms. The third kappa shape index (κ3) is 5.68. The van der Waals surface area contributed by atoms with E-state index in [-0.39, 0.29) is 18.1 Å². The molecule has 1 amide bonds. The van der Waals surface area contributed by atoms with Gasteiger partial charge in [-0.2, -0.15) is 16.4 Å². The molecule has 0 atom stereocenters. The predicted octanol–water partition coefficient (Wildman–Crippen LogP) is 1.40. The molecule has 1 aliphatic heterocycles. The van der Waals surface area contributed by atoms with Crippen molar-refractivity contribution >= 4 is 27.3 Å². The zero-order valence-electron chi connectivity index (χ0n) is 12.7. The van der Waals surface area contributed by atoms with E-state index in [9.17, 15) is 13.2 Å². The van der Waals surface area contributed by atoms with Gasteiger partial charge in [0.25, 0.3) is 0 Å². The highest BCUT2D eigenvalue weighted by molar-refractivity contribution is 7.90. The molecule has 0 bridgehead atoms. The van der Waals surface area contributed by atoms with Gasteiger partial charge >= 0.3 is 0 Å². The number of hydroxylamine groups is 2. The Hall–Kier alpha value is -0.960. The monoisotopic (exact) mass is 346 g/mol. The number of carbonyl (C=O) groups is 1. The minimum Gasteiger partial charge on any atom is -0.302 e. The quantitative estimate of drug-likeness (QED) is 0.808. The molecule has 2 heterocycles. The summed E-state index contributed by atoms with van der Waals surface area (Å²) in [6.45, 7) is 1.55. The maximum atomic E-state index is 11.9. The summed E-state index contributed by atoms with van der Waals surface area (Å²) in [6, 6.07) is 1.89. The number of sulfonamides is 1. The van der Waals surface area contributed by atoms with E-state index in [2.05, 4.69) is 4.72 Å². The number of piperidine rings is 1. The SMILES string of the molecule is CON1CCC(CC(=O)NS(=O)(=O)CCc2ccsc2)CC1. The van der Waals surface area contributed by atoms with E-state index in [1.165, 1.54) is 11.3 Å². The van der Waals surface area contributed by atoms with Gasteiger partial charge in [-0.25, -0.2) is 8.42 Å². The van der Waals surface area contributed by atoms with Crippen molar-refractivity contribution in [3.8, 4) is 0 Å². The summed E-state index contributed by atoms with van der Waals surface area (Å²) in [6.07, 6.45) is 2.37. The summed E-state index contributed by atoms with van der Waals surface area (Å²) < 4.78 is 26.0. The van der Waals surface area contributed by atoms with Gasteiger partial charge in [0.1, 0.15) is 0 Å². The van der Waals surface area contributed by atoms with Crippen LogP contribution >= 0.6 is 11.3 Å². The van der Waals surface area contributed by atoms with E-state index in [1.54, 1.807) is 7.11 Å². The van der Waals surface area contributed by atoms with Crippen molar-refractivity contribution < 1.29 is 18.0 Å². The second-order valence-corrected chi connectivity index (χ2v) is 8.11. The van der Waals surface area contributed by atoms with Crippen LogP contribution in [0.15, 0.2) is 16.8 Å². The first-order valence-electron chi connectivity index (χ1n) is 7.32. The Kier molecular flexibility index (Phi) is 6.37. The molecule has 1 saturated heterocycles. The number of amides is 1. The van der Waals surface area contributed by atoms with Gasteiger partial charge in [0.2, 0.25) is 15.9 Å². The molecule has 1 fully saturated rings. The van der Waals surface area contributed by atoms with Crippen molar-refractivity contribution in [1.82, 2.24) is 9.79 Å². The van der Waals surface area contributed by atoms with E-state index in [1.807, 2.05) is 21.9 Å². The third-order valence-corrected chi connectivity index (χ3v) is 5.83. The molecule has 1 aromatic heterocycles. The Labute approximate surface area is 135 Å². The van der Waals surface area contributed by atoms with Crippen LogP contribution in [-0.2, 0) is 26.1 Å². The molecule has 124 valence electrons. The topological polar surface area (TPSA) is 75.7 Å². The number of hydrogen-bond acceptors (Lipinski definition) is 6. The fourth-order valence-electron chi connectivity index (χ4n) is 2.51. The van der Waals surface area contributed by atoms with Crippen LogP contribution in [0.5, 0.6) is 0 Å². The van der Waals surface area contributed by atoms with E-state index in [0.717, 1.165) is 31.5 Å². The number of thiophene rings is 1. The summed E-state index contributed by atoms with van der Waals surface area (Å²) in [5.74, 6) is -0.239. The van der Waals surface area contributed by atoms with Crippen molar-refractivity contribution in [3.63, 3.8) is 0 Å². The van der Waals surface area contributed by atoms with Crippen molar-refractivity contribution in [2.45, 2.75) is 25.7 Å². The van der Waals surface area contributed by atoms with Crippen LogP contribution in [0.4, 0.5) is 0 Å². The van der Waals surface area contributed by atoms with Gasteiger partial charge in [-0.15, -0.1) is 0 Å². The van der Waals surface area contributed by atoms with Crippen LogP contribution in [0.2, 0.25) is 0 Å². The average molecular weight is 346 g/mol. The molecule has 0 aliphatic carbocycles. The maximum absolute atomic E-state index is 11.9. The maximum Gasteiger partial charge on any atom is 0.235 e. The lowest BCUT2D eigenvalue weighted by molar-refractivity contribution is -0.149. The molecule has 6 nitrogen and oxygen atoms in total. The second-order valence-electron chi connectivity index (χ2n) is 5.48. The molecular weight excluding hydrogens is 324 g/mol. The zero-order chi connectivity index (χ0) is 16.0. The van der Waals surface area contributed by atoms with Crippen LogP contribution < -0.4 is 4.72 Å². The van der Waals surface area contributed by atoms with E-state index < -0.39 is 15.9 Å². The zero-order valence-corrected chi connectivity index (χ0v) is 14.3. The molecule has 0 spiro atoms. The Morgan fingerprint density at radius 1 is 1.45 bits per heavy atom. The molecule has 0 unspecified atom stereocenters. The predicted molar refractivity (Wildman–Crippen MR) is 85.9 cm³/mol. The molecule has 1 aliphatic rings. The summed E-state index contributed by atoms with van der Waals surface area (Å²) in [5, 5.41) is 5.68. The number of aryl methyl sites for hydroxylation is 1. The molecule has 0 radical (unpaired) electrons. The summed E-state index contributed by atoms with van der Waals surface area (Å²) in [7, 11) is -1.92. The van der Waals surface area contributed by atoms with Gasteiger partial charge in [-0.3, -0.25) is 9.52 Å². The van der Waals surface area contributed by atoms with Gasteiger partial charge in [-0.05, 0) is 47.6 Å². The fourth-order valence-corrected chi connectivity index (χ4v) is 4.25. The van der Waals surface area contributed by atoms with Crippen LogP contribution in [0.1, 0.15) is 24.8 Å². The lowest BCUT2D eigenvalue weighted by Gasteiger charge is -2.29. The first kappa shape index (κ1) is 17.4. The first-order valence-corrected chi connectivity index (χ1v) is 9.91. The molecule has 0 aromatic carbocycles. The van der Waals surface area contributed by atoms with Gasteiger partial charge < -0.3 is 4.84 Å². The Bertz CT molecular complexity index is 564. The van der Waals surface area contributed by atoms with Crippen LogP contribution in [-0.4, -0.2) is 45.3 Å². The van der Waals surface area contributed by atoms with E-state index in [4.69, 9.17) is 4.84 Å². The highest BCUT2D eigenvalue weighted by Gasteiger charge is 2.23. The molecular formula is C14H22N2O4S2. The standard InChI is InChI=1S/C14H22N2O4S2/c1-20-16-6-2-12(3-7-16)10-14(17)15-22(18,19)9-5-13-4-8-21-11-13/h4,8,11-12H,2-3,5-7,9-10H2,1H3,(H,15,17). The minimum atomic E-state index is -3.55. The lowest BCUT2D eigenvalue weighted by atomic mass is 9.94.